The second kappa shape index (κ2) is 6.47. The van der Waals surface area contributed by atoms with Gasteiger partial charge in [-0.2, -0.15) is 0 Å². The predicted molar refractivity (Wildman–Crippen MR) is 90.5 cm³/mol. The summed E-state index contributed by atoms with van der Waals surface area (Å²) in [5.41, 5.74) is 11.7. The number of benzene rings is 1. The standard InChI is InChI=1S/C19H31N/c1-10-20(9)18(8)12(2)11-19-16(6)14(4)13(3)15(5)17(19)7/h10-11H2,1-9H3/b18-12+. The van der Waals surface area contributed by atoms with Gasteiger partial charge in [0.15, 0.2) is 0 Å². The number of allylic oxidation sites excluding steroid dienone is 2. The van der Waals surface area contributed by atoms with Gasteiger partial charge in [0, 0.05) is 19.3 Å². The van der Waals surface area contributed by atoms with Crippen molar-refractivity contribution in [2.75, 3.05) is 13.6 Å². The maximum atomic E-state index is 2.33. The van der Waals surface area contributed by atoms with E-state index in [-0.39, 0.29) is 0 Å². The van der Waals surface area contributed by atoms with Gasteiger partial charge in [-0.25, -0.2) is 0 Å². The fourth-order valence-corrected chi connectivity index (χ4v) is 2.80. The van der Waals surface area contributed by atoms with Crippen LogP contribution in [-0.4, -0.2) is 18.5 Å². The van der Waals surface area contributed by atoms with Crippen molar-refractivity contribution < 1.29 is 0 Å². The maximum absolute atomic E-state index is 2.33. The SMILES string of the molecule is CCN(C)/C(C)=C(\C)Cc1c(C)c(C)c(C)c(C)c1C. The molecule has 0 bridgehead atoms. The first-order valence-corrected chi connectivity index (χ1v) is 7.65. The van der Waals surface area contributed by atoms with E-state index in [2.05, 4.69) is 67.3 Å². The lowest BCUT2D eigenvalue weighted by molar-refractivity contribution is 0.436. The first kappa shape index (κ1) is 16.8. The van der Waals surface area contributed by atoms with E-state index in [4.69, 9.17) is 0 Å². The summed E-state index contributed by atoms with van der Waals surface area (Å²) in [7, 11) is 2.17. The van der Waals surface area contributed by atoms with Crippen LogP contribution in [0.3, 0.4) is 0 Å². The highest BCUT2D eigenvalue weighted by Gasteiger charge is 2.13. The zero-order chi connectivity index (χ0) is 15.6. The van der Waals surface area contributed by atoms with Crippen LogP contribution in [0.5, 0.6) is 0 Å². The Balaban J connectivity index is 3.30. The molecule has 0 saturated carbocycles. The molecule has 112 valence electrons. The third-order valence-corrected chi connectivity index (χ3v) is 5.26. The molecular formula is C19H31N. The maximum Gasteiger partial charge on any atom is 0.0143 e. The van der Waals surface area contributed by atoms with Crippen molar-refractivity contribution in [2.45, 2.75) is 61.8 Å². The molecule has 1 aromatic carbocycles. The third kappa shape index (κ3) is 3.08. The van der Waals surface area contributed by atoms with Gasteiger partial charge in [-0.15, -0.1) is 0 Å². The fourth-order valence-electron chi connectivity index (χ4n) is 2.80. The van der Waals surface area contributed by atoms with Crippen molar-refractivity contribution in [3.05, 3.63) is 44.7 Å². The van der Waals surface area contributed by atoms with Gasteiger partial charge in [0.25, 0.3) is 0 Å². The normalized spacial score (nSPS) is 12.4. The Kier molecular flexibility index (Phi) is 5.44. The Hall–Kier alpha value is -1.24. The van der Waals surface area contributed by atoms with Crippen molar-refractivity contribution in [1.29, 1.82) is 0 Å². The third-order valence-electron chi connectivity index (χ3n) is 5.26. The van der Waals surface area contributed by atoms with E-state index < -0.39 is 0 Å². The lowest BCUT2D eigenvalue weighted by atomic mass is 9.86. The van der Waals surface area contributed by atoms with Crippen molar-refractivity contribution in [1.82, 2.24) is 4.90 Å². The molecule has 0 saturated heterocycles. The molecule has 0 aromatic heterocycles. The molecular weight excluding hydrogens is 242 g/mol. The zero-order valence-electron chi connectivity index (χ0n) is 14.9. The topological polar surface area (TPSA) is 3.24 Å². The highest BCUT2D eigenvalue weighted by Crippen LogP contribution is 2.28. The van der Waals surface area contributed by atoms with Gasteiger partial charge >= 0.3 is 0 Å². The van der Waals surface area contributed by atoms with Crippen LogP contribution >= 0.6 is 0 Å². The molecule has 0 fully saturated rings. The zero-order valence-corrected chi connectivity index (χ0v) is 14.9. The van der Waals surface area contributed by atoms with E-state index in [9.17, 15) is 0 Å². The lowest BCUT2D eigenvalue weighted by Crippen LogP contribution is -2.17. The van der Waals surface area contributed by atoms with E-state index in [0.717, 1.165) is 13.0 Å². The summed E-state index contributed by atoms with van der Waals surface area (Å²) in [4.78, 5) is 2.33. The van der Waals surface area contributed by atoms with Gasteiger partial charge in [-0.3, -0.25) is 0 Å². The molecule has 0 aliphatic rings. The smallest absolute Gasteiger partial charge is 0.0143 e. The molecule has 0 aliphatic heterocycles. The van der Waals surface area contributed by atoms with E-state index in [0.29, 0.717) is 0 Å². The van der Waals surface area contributed by atoms with Gasteiger partial charge in [0.2, 0.25) is 0 Å². The van der Waals surface area contributed by atoms with Crippen LogP contribution in [-0.2, 0) is 6.42 Å². The molecule has 0 amide bonds. The molecule has 1 rings (SSSR count). The lowest BCUT2D eigenvalue weighted by Gasteiger charge is -2.23. The van der Waals surface area contributed by atoms with Gasteiger partial charge in [0.1, 0.15) is 0 Å². The number of rotatable bonds is 4. The number of hydrogen-bond acceptors (Lipinski definition) is 1. The molecule has 1 heteroatoms. The monoisotopic (exact) mass is 273 g/mol. The van der Waals surface area contributed by atoms with E-state index in [1.54, 1.807) is 0 Å². The van der Waals surface area contributed by atoms with Crippen LogP contribution in [0.1, 0.15) is 54.2 Å². The molecule has 0 radical (unpaired) electrons. The molecule has 0 spiro atoms. The minimum absolute atomic E-state index is 1.06. The molecule has 0 heterocycles. The Morgan fingerprint density at radius 1 is 0.800 bits per heavy atom. The van der Waals surface area contributed by atoms with Crippen molar-refractivity contribution in [2.24, 2.45) is 0 Å². The first-order valence-electron chi connectivity index (χ1n) is 7.65. The van der Waals surface area contributed by atoms with Gasteiger partial charge in [0.05, 0.1) is 0 Å². The average molecular weight is 273 g/mol. The number of hydrogen-bond donors (Lipinski definition) is 0. The van der Waals surface area contributed by atoms with Gasteiger partial charge < -0.3 is 4.90 Å². The highest BCUT2D eigenvalue weighted by molar-refractivity contribution is 5.50. The van der Waals surface area contributed by atoms with Gasteiger partial charge in [-0.05, 0) is 95.2 Å². The Morgan fingerprint density at radius 3 is 1.60 bits per heavy atom. The molecule has 1 aromatic rings. The highest BCUT2D eigenvalue weighted by atomic mass is 15.1. The molecule has 20 heavy (non-hydrogen) atoms. The largest absolute Gasteiger partial charge is 0.378 e. The van der Waals surface area contributed by atoms with Crippen LogP contribution in [0.2, 0.25) is 0 Å². The van der Waals surface area contributed by atoms with E-state index >= 15 is 0 Å². The van der Waals surface area contributed by atoms with Crippen LogP contribution in [0, 0.1) is 34.6 Å². The summed E-state index contributed by atoms with van der Waals surface area (Å²) in [6.07, 6.45) is 1.07. The van der Waals surface area contributed by atoms with E-state index in [1.807, 2.05) is 0 Å². The summed E-state index contributed by atoms with van der Waals surface area (Å²) >= 11 is 0. The second-order valence-electron chi connectivity index (χ2n) is 6.16. The Labute approximate surface area is 125 Å². The van der Waals surface area contributed by atoms with Crippen LogP contribution in [0.15, 0.2) is 11.3 Å². The first-order chi connectivity index (χ1) is 9.22. The fraction of sp³-hybridized carbons (Fsp3) is 0.579. The van der Waals surface area contributed by atoms with Crippen LogP contribution in [0.25, 0.3) is 0 Å². The molecule has 0 N–H and O–H groups in total. The molecule has 0 atom stereocenters. The summed E-state index contributed by atoms with van der Waals surface area (Å²) < 4.78 is 0. The minimum Gasteiger partial charge on any atom is -0.378 e. The average Bonchev–Trinajstić information content (AvgIpc) is 2.45. The Bertz CT molecular complexity index is 506. The predicted octanol–water partition coefficient (Wildman–Crippen LogP) is 5.02. The summed E-state index contributed by atoms with van der Waals surface area (Å²) in [5.74, 6) is 0. The second-order valence-corrected chi connectivity index (χ2v) is 6.16. The van der Waals surface area contributed by atoms with Crippen LogP contribution < -0.4 is 0 Å². The summed E-state index contributed by atoms with van der Waals surface area (Å²) in [6.45, 7) is 19.1. The van der Waals surface area contributed by atoms with Gasteiger partial charge in [-0.1, -0.05) is 5.57 Å². The van der Waals surface area contributed by atoms with E-state index in [1.165, 1.54) is 44.7 Å². The van der Waals surface area contributed by atoms with Crippen molar-refractivity contribution >= 4 is 0 Å². The van der Waals surface area contributed by atoms with Crippen molar-refractivity contribution in [3.8, 4) is 0 Å². The minimum atomic E-state index is 1.06. The summed E-state index contributed by atoms with van der Waals surface area (Å²) in [5, 5.41) is 0. The molecule has 0 unspecified atom stereocenters. The summed E-state index contributed by atoms with van der Waals surface area (Å²) in [6, 6.07) is 0. The van der Waals surface area contributed by atoms with Crippen LogP contribution in [0.4, 0.5) is 0 Å². The number of nitrogens with zero attached hydrogens (tertiary/aromatic N) is 1. The molecule has 1 nitrogen and oxygen atoms in total. The molecule has 0 aliphatic carbocycles. The van der Waals surface area contributed by atoms with Crippen molar-refractivity contribution in [3.63, 3.8) is 0 Å². The Morgan fingerprint density at radius 2 is 1.20 bits per heavy atom. The quantitative estimate of drug-likeness (QED) is 0.745.